The van der Waals surface area contributed by atoms with E-state index in [9.17, 15) is 14.4 Å². The van der Waals surface area contributed by atoms with E-state index in [1.807, 2.05) is 12.1 Å². The van der Waals surface area contributed by atoms with Gasteiger partial charge in [0.15, 0.2) is 0 Å². The van der Waals surface area contributed by atoms with Crippen LogP contribution in [0.2, 0.25) is 0 Å². The van der Waals surface area contributed by atoms with E-state index in [-0.39, 0.29) is 18.3 Å². The minimum absolute atomic E-state index is 0.111. The molecule has 0 saturated carbocycles. The Morgan fingerprint density at radius 1 is 0.875 bits per heavy atom. The van der Waals surface area contributed by atoms with Crippen molar-refractivity contribution in [3.05, 3.63) is 71.3 Å². The minimum atomic E-state index is -0.572. The zero-order valence-electron chi connectivity index (χ0n) is 17.5. The number of primary amides is 1. The standard InChI is InChI=1S/C24H21N3O5/c1-31-21-12-15(5-7-17(21)23(25)29)14-4-6-16-19(11-14)26-18-8-3-13(10-22(28)32-2)9-20(18)27-24(16)30/h3-9,11-12,26H,10H2,1-2H3,(H2,25,29)(H,27,30). The Morgan fingerprint density at radius 2 is 1.62 bits per heavy atom. The zero-order chi connectivity index (χ0) is 22.8. The second-order valence-electron chi connectivity index (χ2n) is 7.25. The van der Waals surface area contributed by atoms with Gasteiger partial charge in [0.05, 0.1) is 48.8 Å². The third kappa shape index (κ3) is 3.98. The van der Waals surface area contributed by atoms with Gasteiger partial charge in [0.2, 0.25) is 0 Å². The first kappa shape index (κ1) is 20.9. The molecule has 32 heavy (non-hydrogen) atoms. The van der Waals surface area contributed by atoms with Gasteiger partial charge in [-0.25, -0.2) is 0 Å². The predicted molar refractivity (Wildman–Crippen MR) is 120 cm³/mol. The SMILES string of the molecule is COC(=O)Cc1ccc2c(c1)NC(=O)c1ccc(-c3ccc(C(N)=O)c(OC)c3)cc1N2. The molecule has 3 aromatic carbocycles. The van der Waals surface area contributed by atoms with Crippen molar-refractivity contribution in [1.82, 2.24) is 0 Å². The highest BCUT2D eigenvalue weighted by atomic mass is 16.5. The van der Waals surface area contributed by atoms with Crippen LogP contribution in [0, 0.1) is 0 Å². The van der Waals surface area contributed by atoms with Crippen LogP contribution >= 0.6 is 0 Å². The molecule has 0 radical (unpaired) electrons. The number of carbonyl (C=O) groups is 3. The topological polar surface area (TPSA) is 120 Å². The summed E-state index contributed by atoms with van der Waals surface area (Å²) in [5.41, 5.74) is 10.4. The third-order valence-corrected chi connectivity index (χ3v) is 5.24. The van der Waals surface area contributed by atoms with E-state index < -0.39 is 5.91 Å². The van der Waals surface area contributed by atoms with E-state index in [2.05, 4.69) is 10.6 Å². The van der Waals surface area contributed by atoms with E-state index in [1.165, 1.54) is 14.2 Å². The summed E-state index contributed by atoms with van der Waals surface area (Å²) in [5, 5.41) is 6.17. The number of benzene rings is 3. The molecule has 1 aliphatic heterocycles. The molecule has 3 aromatic rings. The molecule has 0 spiro atoms. The maximum Gasteiger partial charge on any atom is 0.309 e. The van der Waals surface area contributed by atoms with Crippen LogP contribution < -0.4 is 21.1 Å². The van der Waals surface area contributed by atoms with Crippen molar-refractivity contribution < 1.29 is 23.9 Å². The van der Waals surface area contributed by atoms with Gasteiger partial charge in [-0.05, 0) is 53.1 Å². The van der Waals surface area contributed by atoms with Crippen molar-refractivity contribution in [1.29, 1.82) is 0 Å². The number of hydrogen-bond donors (Lipinski definition) is 3. The van der Waals surface area contributed by atoms with Crippen LogP contribution in [0.1, 0.15) is 26.3 Å². The summed E-state index contributed by atoms with van der Waals surface area (Å²) in [6.45, 7) is 0. The molecule has 0 atom stereocenters. The van der Waals surface area contributed by atoms with Gasteiger partial charge in [-0.15, -0.1) is 0 Å². The molecule has 162 valence electrons. The van der Waals surface area contributed by atoms with Crippen LogP contribution in [0.4, 0.5) is 17.1 Å². The van der Waals surface area contributed by atoms with Crippen molar-refractivity contribution >= 4 is 34.8 Å². The van der Waals surface area contributed by atoms with Gasteiger partial charge in [-0.2, -0.15) is 0 Å². The fourth-order valence-electron chi connectivity index (χ4n) is 3.59. The van der Waals surface area contributed by atoms with E-state index in [4.69, 9.17) is 15.2 Å². The summed E-state index contributed by atoms with van der Waals surface area (Å²) in [6.07, 6.45) is 0.111. The van der Waals surface area contributed by atoms with Gasteiger partial charge in [0.1, 0.15) is 5.75 Å². The van der Waals surface area contributed by atoms with Crippen molar-refractivity contribution in [2.24, 2.45) is 5.73 Å². The van der Waals surface area contributed by atoms with Crippen LogP contribution in [0.5, 0.6) is 5.75 Å². The Balaban J connectivity index is 1.70. The highest BCUT2D eigenvalue weighted by Gasteiger charge is 2.21. The number of esters is 1. The third-order valence-electron chi connectivity index (χ3n) is 5.24. The Morgan fingerprint density at radius 3 is 2.34 bits per heavy atom. The summed E-state index contributed by atoms with van der Waals surface area (Å²) >= 11 is 0. The molecule has 1 aliphatic rings. The highest BCUT2D eigenvalue weighted by Crippen LogP contribution is 2.36. The second kappa shape index (κ2) is 8.43. The molecule has 0 aliphatic carbocycles. The number of nitrogens with one attached hydrogen (secondary N) is 2. The maximum absolute atomic E-state index is 12.8. The Kier molecular flexibility index (Phi) is 5.51. The number of hydrogen-bond acceptors (Lipinski definition) is 6. The molecular formula is C24H21N3O5. The highest BCUT2D eigenvalue weighted by molar-refractivity contribution is 6.12. The van der Waals surface area contributed by atoms with Crippen LogP contribution in [-0.4, -0.2) is 32.0 Å². The molecule has 1 heterocycles. The maximum atomic E-state index is 12.8. The molecule has 4 rings (SSSR count). The van der Waals surface area contributed by atoms with Gasteiger partial charge in [-0.1, -0.05) is 18.2 Å². The van der Waals surface area contributed by atoms with Crippen LogP contribution in [0.25, 0.3) is 11.1 Å². The van der Waals surface area contributed by atoms with Gasteiger partial charge in [0, 0.05) is 0 Å². The number of fused-ring (bicyclic) bond motifs is 2. The lowest BCUT2D eigenvalue weighted by Gasteiger charge is -2.12. The first-order valence-corrected chi connectivity index (χ1v) is 9.80. The van der Waals surface area contributed by atoms with Crippen molar-refractivity contribution in [3.63, 3.8) is 0 Å². The quantitative estimate of drug-likeness (QED) is 0.532. The van der Waals surface area contributed by atoms with E-state index in [0.717, 1.165) is 16.7 Å². The number of nitrogens with two attached hydrogens (primary N) is 1. The lowest BCUT2D eigenvalue weighted by Crippen LogP contribution is -2.12. The average Bonchev–Trinajstić information content (AvgIpc) is 2.93. The summed E-state index contributed by atoms with van der Waals surface area (Å²) in [5.74, 6) is -0.825. The largest absolute Gasteiger partial charge is 0.496 e. The molecule has 4 N–H and O–H groups in total. The van der Waals surface area contributed by atoms with Crippen LogP contribution in [0.15, 0.2) is 54.6 Å². The summed E-state index contributed by atoms with van der Waals surface area (Å²) < 4.78 is 10.0. The zero-order valence-corrected chi connectivity index (χ0v) is 17.5. The molecule has 8 heteroatoms. The Hall–Kier alpha value is -4.33. The lowest BCUT2D eigenvalue weighted by atomic mass is 10.00. The molecule has 0 fully saturated rings. The minimum Gasteiger partial charge on any atom is -0.496 e. The van der Waals surface area contributed by atoms with Crippen molar-refractivity contribution in [3.8, 4) is 16.9 Å². The number of carbonyl (C=O) groups excluding carboxylic acids is 3. The van der Waals surface area contributed by atoms with E-state index in [0.29, 0.717) is 33.9 Å². The molecule has 0 aromatic heterocycles. The normalized spacial score (nSPS) is 11.9. The monoisotopic (exact) mass is 431 g/mol. The van der Waals surface area contributed by atoms with Crippen molar-refractivity contribution in [2.45, 2.75) is 6.42 Å². The number of methoxy groups -OCH3 is 2. The first-order chi connectivity index (χ1) is 15.4. The van der Waals surface area contributed by atoms with Crippen LogP contribution in [-0.2, 0) is 16.0 Å². The molecule has 0 saturated heterocycles. The molecular weight excluding hydrogens is 410 g/mol. The van der Waals surface area contributed by atoms with Gasteiger partial charge in [0.25, 0.3) is 11.8 Å². The summed E-state index contributed by atoms with van der Waals surface area (Å²) in [7, 11) is 2.81. The lowest BCUT2D eigenvalue weighted by molar-refractivity contribution is -0.139. The molecule has 0 unspecified atom stereocenters. The second-order valence-corrected chi connectivity index (χ2v) is 7.25. The van der Waals surface area contributed by atoms with Gasteiger partial charge >= 0.3 is 5.97 Å². The first-order valence-electron chi connectivity index (χ1n) is 9.80. The number of ether oxygens (including phenoxy) is 2. The van der Waals surface area contributed by atoms with Crippen molar-refractivity contribution in [2.75, 3.05) is 24.9 Å². The van der Waals surface area contributed by atoms with Crippen LogP contribution in [0.3, 0.4) is 0 Å². The Bertz CT molecular complexity index is 1250. The predicted octanol–water partition coefficient (Wildman–Crippen LogP) is 3.49. The number of rotatable bonds is 5. The molecule has 2 amide bonds. The fraction of sp³-hybridized carbons (Fsp3) is 0.125. The summed E-state index contributed by atoms with van der Waals surface area (Å²) in [4.78, 5) is 36.0. The van der Waals surface area contributed by atoms with Gasteiger partial charge < -0.3 is 25.8 Å². The fourth-order valence-corrected chi connectivity index (χ4v) is 3.59. The smallest absolute Gasteiger partial charge is 0.309 e. The Labute approximate surface area is 184 Å². The number of amides is 2. The molecule has 8 nitrogen and oxygen atoms in total. The average molecular weight is 431 g/mol. The summed E-state index contributed by atoms with van der Waals surface area (Å²) in [6, 6.07) is 15.9. The van der Waals surface area contributed by atoms with E-state index >= 15 is 0 Å². The van der Waals surface area contributed by atoms with Gasteiger partial charge in [-0.3, -0.25) is 14.4 Å². The number of anilines is 3. The van der Waals surface area contributed by atoms with E-state index in [1.54, 1.807) is 42.5 Å². The molecule has 0 bridgehead atoms.